The number of nitrogens with zero attached hydrogens (tertiary/aromatic N) is 2. The highest BCUT2D eigenvalue weighted by Gasteiger charge is 2.17. The number of hydrogen-bond acceptors (Lipinski definition) is 4. The predicted octanol–water partition coefficient (Wildman–Crippen LogP) is 0.173. The normalized spacial score (nSPS) is 12.2. The largest absolute Gasteiger partial charge is 0.319 e. The monoisotopic (exact) mass is 253 g/mol. The minimum Gasteiger partial charge on any atom is -0.319 e. The van der Waals surface area contributed by atoms with Crippen LogP contribution in [0.2, 0.25) is 0 Å². The van der Waals surface area contributed by atoms with Gasteiger partial charge in [0.25, 0.3) is 5.56 Å². The van der Waals surface area contributed by atoms with Gasteiger partial charge in [-0.3, -0.25) is 4.79 Å². The van der Waals surface area contributed by atoms with Gasteiger partial charge < -0.3 is 4.98 Å². The molecule has 1 aromatic carbocycles. The lowest BCUT2D eigenvalue weighted by molar-refractivity contribution is 0.521. The number of aromatic nitrogens is 2. The second-order valence-electron chi connectivity index (χ2n) is 3.71. The zero-order valence-corrected chi connectivity index (χ0v) is 10.2. The maximum absolute atomic E-state index is 11.9. The summed E-state index contributed by atoms with van der Waals surface area (Å²) in [6.45, 7) is 0. The highest BCUT2D eigenvalue weighted by Crippen LogP contribution is 2.17. The van der Waals surface area contributed by atoms with Crippen LogP contribution in [-0.2, 0) is 10.0 Å². The quantitative estimate of drug-likeness (QED) is 0.827. The van der Waals surface area contributed by atoms with Gasteiger partial charge in [0.1, 0.15) is 0 Å². The summed E-state index contributed by atoms with van der Waals surface area (Å²) in [4.78, 5) is 17.6. The van der Waals surface area contributed by atoms with E-state index in [1.807, 2.05) is 0 Å². The molecule has 1 N–H and O–H groups in total. The smallest absolute Gasteiger partial charge is 0.266 e. The Hall–Kier alpha value is -1.73. The highest BCUT2D eigenvalue weighted by atomic mass is 32.2. The standard InChI is InChI=1S/C10H11N3O3S/c1-13(2)17(15,16)7-3-4-8-9(5-7)11-6-10(14)12-8/h3-6H,1-2H3,(H,12,14). The zero-order chi connectivity index (χ0) is 12.6. The van der Waals surface area contributed by atoms with E-state index in [2.05, 4.69) is 9.97 Å². The van der Waals surface area contributed by atoms with Crippen molar-refractivity contribution in [3.63, 3.8) is 0 Å². The second kappa shape index (κ2) is 3.94. The maximum atomic E-state index is 11.9. The van der Waals surface area contributed by atoms with E-state index in [0.717, 1.165) is 10.5 Å². The first-order valence-electron chi connectivity index (χ1n) is 4.83. The topological polar surface area (TPSA) is 83.1 Å². The molecule has 2 aromatic rings. The van der Waals surface area contributed by atoms with Gasteiger partial charge in [-0.2, -0.15) is 0 Å². The molecule has 0 amide bonds. The van der Waals surface area contributed by atoms with Crippen LogP contribution in [0.15, 0.2) is 34.1 Å². The van der Waals surface area contributed by atoms with Gasteiger partial charge in [-0.25, -0.2) is 17.7 Å². The van der Waals surface area contributed by atoms with Crippen LogP contribution >= 0.6 is 0 Å². The third kappa shape index (κ3) is 2.06. The number of hydrogen-bond donors (Lipinski definition) is 1. The Labute approximate surface area is 98.0 Å². The fraction of sp³-hybridized carbons (Fsp3) is 0.200. The number of fused-ring (bicyclic) bond motifs is 1. The minimum absolute atomic E-state index is 0.148. The van der Waals surface area contributed by atoms with Crippen LogP contribution in [0.3, 0.4) is 0 Å². The van der Waals surface area contributed by atoms with E-state index in [-0.39, 0.29) is 10.5 Å². The van der Waals surface area contributed by atoms with E-state index in [9.17, 15) is 13.2 Å². The zero-order valence-electron chi connectivity index (χ0n) is 9.34. The summed E-state index contributed by atoms with van der Waals surface area (Å²) >= 11 is 0. The van der Waals surface area contributed by atoms with Crippen LogP contribution in [0.5, 0.6) is 0 Å². The fourth-order valence-corrected chi connectivity index (χ4v) is 2.31. The van der Waals surface area contributed by atoms with Gasteiger partial charge in [-0.15, -0.1) is 0 Å². The second-order valence-corrected chi connectivity index (χ2v) is 5.87. The number of sulfonamides is 1. The summed E-state index contributed by atoms with van der Waals surface area (Å²) in [6, 6.07) is 4.40. The Morgan fingerprint density at radius 2 is 2.00 bits per heavy atom. The molecule has 0 bridgehead atoms. The lowest BCUT2D eigenvalue weighted by Gasteiger charge is -2.11. The average Bonchev–Trinajstić information content (AvgIpc) is 2.28. The molecule has 90 valence electrons. The van der Waals surface area contributed by atoms with Crippen LogP contribution in [-0.4, -0.2) is 36.8 Å². The van der Waals surface area contributed by atoms with Gasteiger partial charge in [0.05, 0.1) is 22.1 Å². The molecule has 0 saturated carbocycles. The summed E-state index contributed by atoms with van der Waals surface area (Å²) < 4.78 is 24.9. The van der Waals surface area contributed by atoms with Gasteiger partial charge in [-0.05, 0) is 18.2 Å². The maximum Gasteiger partial charge on any atom is 0.266 e. The average molecular weight is 253 g/mol. The molecule has 0 saturated heterocycles. The Bertz CT molecular complexity index is 719. The molecule has 1 aromatic heterocycles. The third-order valence-electron chi connectivity index (χ3n) is 2.33. The van der Waals surface area contributed by atoms with Gasteiger partial charge in [0.15, 0.2) is 0 Å². The summed E-state index contributed by atoms with van der Waals surface area (Å²) in [7, 11) is -0.561. The van der Waals surface area contributed by atoms with Gasteiger partial charge >= 0.3 is 0 Å². The summed E-state index contributed by atoms with van der Waals surface area (Å²) in [5, 5.41) is 0. The van der Waals surface area contributed by atoms with E-state index in [1.165, 1.54) is 32.3 Å². The first-order chi connectivity index (χ1) is 7.91. The number of rotatable bonds is 2. The van der Waals surface area contributed by atoms with Gasteiger partial charge in [-0.1, -0.05) is 0 Å². The molecule has 0 aliphatic carbocycles. The Kier molecular flexibility index (Phi) is 2.72. The molecule has 0 atom stereocenters. The van der Waals surface area contributed by atoms with Crippen molar-refractivity contribution in [3.8, 4) is 0 Å². The lowest BCUT2D eigenvalue weighted by Crippen LogP contribution is -2.22. The molecule has 1 heterocycles. The van der Waals surface area contributed by atoms with Crippen molar-refractivity contribution in [1.82, 2.24) is 14.3 Å². The summed E-state index contributed by atoms with van der Waals surface area (Å²) in [6.07, 6.45) is 1.12. The Balaban J connectivity index is 2.68. The molecular weight excluding hydrogens is 242 g/mol. The van der Waals surface area contributed by atoms with Crippen molar-refractivity contribution < 1.29 is 8.42 Å². The van der Waals surface area contributed by atoms with E-state index < -0.39 is 10.0 Å². The van der Waals surface area contributed by atoms with Gasteiger partial charge in [0.2, 0.25) is 10.0 Å². The van der Waals surface area contributed by atoms with Crippen LogP contribution in [0, 0.1) is 0 Å². The van der Waals surface area contributed by atoms with Crippen LogP contribution in [0.25, 0.3) is 11.0 Å². The number of nitrogens with one attached hydrogen (secondary N) is 1. The first-order valence-corrected chi connectivity index (χ1v) is 6.27. The minimum atomic E-state index is -3.48. The number of benzene rings is 1. The highest BCUT2D eigenvalue weighted by molar-refractivity contribution is 7.89. The molecule has 0 unspecified atom stereocenters. The predicted molar refractivity (Wildman–Crippen MR) is 63.2 cm³/mol. The van der Waals surface area contributed by atoms with E-state index in [0.29, 0.717) is 11.0 Å². The molecule has 2 rings (SSSR count). The molecule has 6 nitrogen and oxygen atoms in total. The Morgan fingerprint density at radius 3 is 2.65 bits per heavy atom. The molecule has 0 aliphatic heterocycles. The van der Waals surface area contributed by atoms with Crippen LogP contribution < -0.4 is 5.56 Å². The number of H-pyrrole nitrogens is 1. The molecule has 17 heavy (non-hydrogen) atoms. The van der Waals surface area contributed by atoms with E-state index in [1.54, 1.807) is 0 Å². The summed E-state index contributed by atoms with van der Waals surface area (Å²) in [5.41, 5.74) is 0.628. The SMILES string of the molecule is CN(C)S(=O)(=O)c1ccc2[nH]c(=O)cnc2c1. The van der Waals surface area contributed by atoms with Crippen molar-refractivity contribution in [1.29, 1.82) is 0 Å². The third-order valence-corrected chi connectivity index (χ3v) is 4.14. The van der Waals surface area contributed by atoms with Crippen molar-refractivity contribution in [3.05, 3.63) is 34.7 Å². The van der Waals surface area contributed by atoms with Crippen molar-refractivity contribution >= 4 is 21.1 Å². The molecule has 0 aliphatic rings. The van der Waals surface area contributed by atoms with Crippen molar-refractivity contribution in [2.45, 2.75) is 4.90 Å². The van der Waals surface area contributed by atoms with Crippen LogP contribution in [0.1, 0.15) is 0 Å². The van der Waals surface area contributed by atoms with E-state index in [4.69, 9.17) is 0 Å². The Morgan fingerprint density at radius 1 is 1.29 bits per heavy atom. The number of aromatic amines is 1. The van der Waals surface area contributed by atoms with Crippen LogP contribution in [0.4, 0.5) is 0 Å². The van der Waals surface area contributed by atoms with E-state index >= 15 is 0 Å². The molecule has 0 fully saturated rings. The molecule has 0 radical (unpaired) electrons. The first kappa shape index (κ1) is 11.7. The van der Waals surface area contributed by atoms with Crippen molar-refractivity contribution in [2.24, 2.45) is 0 Å². The summed E-state index contributed by atoms with van der Waals surface area (Å²) in [5.74, 6) is 0. The molecule has 0 spiro atoms. The molecular formula is C10H11N3O3S. The lowest BCUT2D eigenvalue weighted by atomic mass is 10.3. The molecule has 7 heteroatoms. The fourth-order valence-electron chi connectivity index (χ4n) is 1.39. The van der Waals surface area contributed by atoms with Gasteiger partial charge in [0, 0.05) is 14.1 Å². The van der Waals surface area contributed by atoms with Crippen molar-refractivity contribution in [2.75, 3.05) is 14.1 Å².